The Bertz CT molecular complexity index is 488. The molecule has 1 nitrogen and oxygen atoms in total. The average Bonchev–Trinajstić information content (AvgIpc) is 2.55. The third-order valence-electron chi connectivity index (χ3n) is 2.74. The molecule has 0 radical (unpaired) electrons. The van der Waals surface area contributed by atoms with Crippen LogP contribution in [0.2, 0.25) is 0 Å². The zero-order chi connectivity index (χ0) is 9.54. The molecular weight excluding hydrogens is 228 g/mol. The van der Waals surface area contributed by atoms with Gasteiger partial charge in [0.05, 0.1) is 15.7 Å². The summed E-state index contributed by atoms with van der Waals surface area (Å²) in [4.78, 5) is 2.02. The predicted octanol–water partition coefficient (Wildman–Crippen LogP) is 3.29. The Morgan fingerprint density at radius 3 is 2.87 bits per heavy atom. The first kappa shape index (κ1) is 10.7. The Balaban J connectivity index is 0.000000853. The largest absolute Gasteiger partial charge is 0.249 e. The molecule has 3 heteroatoms. The highest BCUT2D eigenvalue weighted by molar-refractivity contribution is 7.90. The van der Waals surface area contributed by atoms with E-state index in [9.17, 15) is 4.21 Å². The minimum Gasteiger partial charge on any atom is -0.249 e. The quantitative estimate of drug-likeness (QED) is 0.678. The lowest BCUT2D eigenvalue weighted by molar-refractivity contribution is 0.688. The molecule has 0 saturated carbocycles. The van der Waals surface area contributed by atoms with Crippen molar-refractivity contribution in [3.05, 3.63) is 46.9 Å². The van der Waals surface area contributed by atoms with Gasteiger partial charge in [0, 0.05) is 4.91 Å². The maximum Gasteiger partial charge on any atom is 0.0858 e. The normalized spacial score (nSPS) is 22.0. The third-order valence-corrected chi connectivity index (χ3v) is 4.28. The summed E-state index contributed by atoms with van der Waals surface area (Å²) in [6.45, 7) is 0. The van der Waals surface area contributed by atoms with Crippen LogP contribution in [0.3, 0.4) is 0 Å². The summed E-state index contributed by atoms with van der Waals surface area (Å²) in [7, 11) is -0.921. The van der Waals surface area contributed by atoms with Crippen molar-refractivity contribution in [1.29, 1.82) is 0 Å². The van der Waals surface area contributed by atoms with Gasteiger partial charge < -0.3 is 0 Å². The van der Waals surface area contributed by atoms with E-state index in [-0.39, 0.29) is 12.4 Å². The lowest BCUT2D eigenvalue weighted by atomic mass is 9.98. The highest BCUT2D eigenvalue weighted by Gasteiger charge is 2.27. The summed E-state index contributed by atoms with van der Waals surface area (Å²) in [5.41, 5.74) is 2.49. The second-order valence-electron chi connectivity index (χ2n) is 3.55. The topological polar surface area (TPSA) is 17.1 Å². The lowest BCUT2D eigenvalue weighted by Gasteiger charge is -2.06. The van der Waals surface area contributed by atoms with Gasteiger partial charge in [-0.05, 0) is 36.1 Å². The Morgan fingerprint density at radius 1 is 1.20 bits per heavy atom. The molecule has 3 rings (SSSR count). The molecule has 0 saturated heterocycles. The van der Waals surface area contributed by atoms with Crippen LogP contribution in [-0.2, 0) is 10.8 Å². The smallest absolute Gasteiger partial charge is 0.0858 e. The van der Waals surface area contributed by atoms with Crippen molar-refractivity contribution < 1.29 is 4.21 Å². The highest BCUT2D eigenvalue weighted by Crippen LogP contribution is 2.41. The molecule has 1 aromatic rings. The number of allylic oxidation sites excluding steroid dienone is 3. The first-order valence-electron chi connectivity index (χ1n) is 4.79. The van der Waals surface area contributed by atoms with Gasteiger partial charge in [-0.15, -0.1) is 12.4 Å². The van der Waals surface area contributed by atoms with Crippen LogP contribution in [-0.4, -0.2) is 4.21 Å². The molecule has 1 aliphatic heterocycles. The van der Waals surface area contributed by atoms with Crippen LogP contribution < -0.4 is 0 Å². The maximum atomic E-state index is 12.0. The second kappa shape index (κ2) is 3.95. The van der Waals surface area contributed by atoms with Crippen molar-refractivity contribution in [3.63, 3.8) is 0 Å². The molecule has 1 aromatic carbocycles. The van der Waals surface area contributed by atoms with Crippen molar-refractivity contribution >= 4 is 28.8 Å². The summed E-state index contributed by atoms with van der Waals surface area (Å²) < 4.78 is 12.0. The van der Waals surface area contributed by atoms with E-state index in [0.29, 0.717) is 0 Å². The van der Waals surface area contributed by atoms with Gasteiger partial charge in [-0.25, -0.2) is 4.21 Å². The van der Waals surface area contributed by atoms with E-state index in [2.05, 4.69) is 12.1 Å². The summed E-state index contributed by atoms with van der Waals surface area (Å²) in [5.74, 6) is 0. The molecule has 78 valence electrons. The van der Waals surface area contributed by atoms with E-state index in [4.69, 9.17) is 0 Å². The van der Waals surface area contributed by atoms with Crippen molar-refractivity contribution in [2.24, 2.45) is 0 Å². The van der Waals surface area contributed by atoms with Crippen molar-refractivity contribution in [3.8, 4) is 0 Å². The molecule has 1 unspecified atom stereocenters. The first-order valence-corrected chi connectivity index (χ1v) is 5.94. The summed E-state index contributed by atoms with van der Waals surface area (Å²) in [6, 6.07) is 8.02. The van der Waals surface area contributed by atoms with E-state index in [0.717, 1.165) is 22.6 Å². The SMILES string of the molecule is Cl.O=S1C2=C(CCC=C2)c2ccccc21. The fourth-order valence-corrected chi connectivity index (χ4v) is 3.56. The average molecular weight is 239 g/mol. The monoisotopic (exact) mass is 238 g/mol. The second-order valence-corrected chi connectivity index (χ2v) is 4.97. The van der Waals surface area contributed by atoms with Gasteiger partial charge in [0.2, 0.25) is 0 Å². The molecule has 0 amide bonds. The Hall–Kier alpha value is -0.860. The van der Waals surface area contributed by atoms with Crippen LogP contribution in [0.15, 0.2) is 46.2 Å². The van der Waals surface area contributed by atoms with Crippen molar-refractivity contribution in [2.75, 3.05) is 0 Å². The van der Waals surface area contributed by atoms with Crippen molar-refractivity contribution in [2.45, 2.75) is 17.7 Å². The van der Waals surface area contributed by atoms with E-state index in [1.54, 1.807) is 0 Å². The number of rotatable bonds is 0. The van der Waals surface area contributed by atoms with Crippen LogP contribution in [0.5, 0.6) is 0 Å². The Labute approximate surface area is 97.8 Å². The number of hydrogen-bond donors (Lipinski definition) is 0. The molecule has 0 fully saturated rings. The first-order chi connectivity index (χ1) is 6.88. The minimum atomic E-state index is -0.921. The van der Waals surface area contributed by atoms with Crippen LogP contribution >= 0.6 is 12.4 Å². The van der Waals surface area contributed by atoms with Crippen LogP contribution in [0.1, 0.15) is 18.4 Å². The standard InChI is InChI=1S/C12H10OS.ClH/c13-14-11-7-3-1-5-9(11)10-6-2-4-8-12(10)14;/h1,3-5,7-8H,2,6H2;1H. The summed E-state index contributed by atoms with van der Waals surface area (Å²) in [5, 5.41) is 0. The highest BCUT2D eigenvalue weighted by atomic mass is 35.5. The van der Waals surface area contributed by atoms with E-state index >= 15 is 0 Å². The van der Waals surface area contributed by atoms with Gasteiger partial charge in [0.25, 0.3) is 0 Å². The van der Waals surface area contributed by atoms with E-state index < -0.39 is 10.8 Å². The molecule has 1 aliphatic carbocycles. The molecule has 0 aromatic heterocycles. The van der Waals surface area contributed by atoms with E-state index in [1.807, 2.05) is 24.3 Å². The third kappa shape index (κ3) is 1.48. The Kier molecular flexibility index (Phi) is 2.81. The van der Waals surface area contributed by atoms with Gasteiger partial charge in [-0.3, -0.25) is 0 Å². The van der Waals surface area contributed by atoms with Gasteiger partial charge >= 0.3 is 0 Å². The summed E-state index contributed by atoms with van der Waals surface area (Å²) in [6.07, 6.45) is 6.25. The number of hydrogen-bond acceptors (Lipinski definition) is 1. The van der Waals surface area contributed by atoms with Crippen molar-refractivity contribution in [1.82, 2.24) is 0 Å². The predicted molar refractivity (Wildman–Crippen MR) is 65.4 cm³/mol. The molecule has 0 spiro atoms. The lowest BCUT2D eigenvalue weighted by Crippen LogP contribution is -1.90. The van der Waals surface area contributed by atoms with Gasteiger partial charge in [-0.2, -0.15) is 0 Å². The molecule has 1 heterocycles. The minimum absolute atomic E-state index is 0. The fourth-order valence-electron chi connectivity index (χ4n) is 2.08. The molecule has 0 bridgehead atoms. The molecular formula is C12H11ClOS. The van der Waals surface area contributed by atoms with Gasteiger partial charge in [-0.1, -0.05) is 24.3 Å². The molecule has 1 atom stereocenters. The molecule has 0 N–H and O–H groups in total. The van der Waals surface area contributed by atoms with Gasteiger partial charge in [0.1, 0.15) is 0 Å². The van der Waals surface area contributed by atoms with E-state index in [1.165, 1.54) is 11.1 Å². The van der Waals surface area contributed by atoms with Crippen LogP contribution in [0.25, 0.3) is 5.57 Å². The fraction of sp³-hybridized carbons (Fsp3) is 0.167. The van der Waals surface area contributed by atoms with Gasteiger partial charge in [0.15, 0.2) is 0 Å². The maximum absolute atomic E-state index is 12.0. The number of halogens is 1. The zero-order valence-electron chi connectivity index (χ0n) is 8.10. The molecule has 15 heavy (non-hydrogen) atoms. The summed E-state index contributed by atoms with van der Waals surface area (Å²) >= 11 is 0. The zero-order valence-corrected chi connectivity index (χ0v) is 9.74. The Morgan fingerprint density at radius 2 is 2.00 bits per heavy atom. The van der Waals surface area contributed by atoms with Crippen LogP contribution in [0.4, 0.5) is 0 Å². The van der Waals surface area contributed by atoms with Crippen LogP contribution in [0, 0.1) is 0 Å². The number of fused-ring (bicyclic) bond motifs is 2. The number of benzene rings is 1. The molecule has 2 aliphatic rings.